The maximum atomic E-state index is 2.36. The molecule has 0 aromatic rings. The minimum atomic E-state index is 1.01. The first-order valence-electron chi connectivity index (χ1n) is 6.72. The molecular formula is C14H30. The van der Waals surface area contributed by atoms with Crippen LogP contribution in [0.25, 0.3) is 0 Å². The van der Waals surface area contributed by atoms with Gasteiger partial charge in [-0.15, -0.1) is 0 Å². The largest absolute Gasteiger partial charge is 0.0654 e. The zero-order valence-corrected chi connectivity index (χ0v) is 10.8. The molecule has 1 fully saturated rings. The summed E-state index contributed by atoms with van der Waals surface area (Å²) in [4.78, 5) is 0. The predicted octanol–water partition coefficient (Wildman–Crippen LogP) is 5.42. The topological polar surface area (TPSA) is 0 Å². The summed E-state index contributed by atoms with van der Waals surface area (Å²) >= 11 is 0. The Morgan fingerprint density at radius 3 is 1.43 bits per heavy atom. The smallest absolute Gasteiger partial charge is 0.0417 e. The first-order chi connectivity index (χ1) is 6.72. The molecule has 0 saturated heterocycles. The van der Waals surface area contributed by atoms with Gasteiger partial charge in [0.2, 0.25) is 0 Å². The van der Waals surface area contributed by atoms with E-state index < -0.39 is 0 Å². The molecule has 0 aromatic carbocycles. The average molecular weight is 198 g/mol. The summed E-state index contributed by atoms with van der Waals surface area (Å²) in [6.45, 7) is 9.21. The molecule has 0 N–H and O–H groups in total. The van der Waals surface area contributed by atoms with Crippen LogP contribution in [0.5, 0.6) is 0 Å². The lowest BCUT2D eigenvalue weighted by molar-refractivity contribution is 0.457. The second-order valence-corrected chi connectivity index (χ2v) is 4.95. The molecule has 1 aliphatic carbocycles. The van der Waals surface area contributed by atoms with Crippen LogP contribution in [0.1, 0.15) is 79.1 Å². The predicted molar refractivity (Wildman–Crippen MR) is 66.6 cm³/mol. The molecule has 0 spiro atoms. The SMILES string of the molecule is CC1CCCC1C.CCCCCCC. The standard InChI is InChI=1S/C7H14.C7H16/c1-6-4-3-5-7(6)2;1-3-5-7-6-4-2/h6-7H,3-5H2,1-2H3;3-7H2,1-2H3. The molecule has 0 heterocycles. The molecule has 2 unspecified atom stereocenters. The molecule has 14 heavy (non-hydrogen) atoms. The van der Waals surface area contributed by atoms with Gasteiger partial charge in [0.1, 0.15) is 0 Å². The Morgan fingerprint density at radius 2 is 1.21 bits per heavy atom. The van der Waals surface area contributed by atoms with Crippen LogP contribution in [-0.4, -0.2) is 0 Å². The van der Waals surface area contributed by atoms with Gasteiger partial charge in [0.25, 0.3) is 0 Å². The lowest BCUT2D eigenvalue weighted by atomic mass is 10.0. The zero-order chi connectivity index (χ0) is 10.8. The Morgan fingerprint density at radius 1 is 0.786 bits per heavy atom. The summed E-state index contributed by atoms with van der Waals surface area (Å²) in [5.74, 6) is 2.03. The minimum absolute atomic E-state index is 1.01. The normalized spacial score (nSPS) is 25.7. The van der Waals surface area contributed by atoms with E-state index in [9.17, 15) is 0 Å². The maximum Gasteiger partial charge on any atom is -0.0417 e. The summed E-state index contributed by atoms with van der Waals surface area (Å²) in [5.41, 5.74) is 0. The molecular weight excluding hydrogens is 168 g/mol. The van der Waals surface area contributed by atoms with Crippen LogP contribution in [0.4, 0.5) is 0 Å². The highest BCUT2D eigenvalue weighted by atomic mass is 14.2. The summed E-state index contributed by atoms with van der Waals surface area (Å²) in [7, 11) is 0. The van der Waals surface area contributed by atoms with E-state index in [4.69, 9.17) is 0 Å². The Bertz CT molecular complexity index is 94.6. The van der Waals surface area contributed by atoms with Gasteiger partial charge in [-0.3, -0.25) is 0 Å². The number of hydrogen-bond donors (Lipinski definition) is 0. The Hall–Kier alpha value is 0. The van der Waals surface area contributed by atoms with Crippen molar-refractivity contribution in [1.82, 2.24) is 0 Å². The molecule has 0 aromatic heterocycles. The lowest BCUT2D eigenvalue weighted by Gasteiger charge is -2.05. The van der Waals surface area contributed by atoms with Crippen LogP contribution in [-0.2, 0) is 0 Å². The molecule has 0 nitrogen and oxygen atoms in total. The van der Waals surface area contributed by atoms with E-state index in [1.54, 1.807) is 0 Å². The molecule has 0 bridgehead atoms. The first-order valence-corrected chi connectivity index (χ1v) is 6.72. The number of hydrogen-bond acceptors (Lipinski definition) is 0. The van der Waals surface area contributed by atoms with Crippen LogP contribution < -0.4 is 0 Å². The van der Waals surface area contributed by atoms with Crippen molar-refractivity contribution in [2.75, 3.05) is 0 Å². The third kappa shape index (κ3) is 7.41. The highest BCUT2D eigenvalue weighted by Gasteiger charge is 2.17. The third-order valence-electron chi connectivity index (χ3n) is 3.50. The molecule has 86 valence electrons. The van der Waals surface area contributed by atoms with Gasteiger partial charge in [0, 0.05) is 0 Å². The fourth-order valence-electron chi connectivity index (χ4n) is 2.01. The Kier molecular flexibility index (Phi) is 9.55. The van der Waals surface area contributed by atoms with Crippen molar-refractivity contribution in [2.24, 2.45) is 11.8 Å². The van der Waals surface area contributed by atoms with E-state index in [1.165, 1.54) is 51.4 Å². The van der Waals surface area contributed by atoms with Crippen molar-refractivity contribution >= 4 is 0 Å². The van der Waals surface area contributed by atoms with Gasteiger partial charge in [-0.2, -0.15) is 0 Å². The van der Waals surface area contributed by atoms with E-state index in [1.807, 2.05) is 0 Å². The second kappa shape index (κ2) is 9.55. The molecule has 2 atom stereocenters. The molecule has 1 saturated carbocycles. The van der Waals surface area contributed by atoms with E-state index in [0.717, 1.165) is 11.8 Å². The van der Waals surface area contributed by atoms with Crippen molar-refractivity contribution in [1.29, 1.82) is 0 Å². The van der Waals surface area contributed by atoms with Gasteiger partial charge < -0.3 is 0 Å². The third-order valence-corrected chi connectivity index (χ3v) is 3.50. The van der Waals surface area contributed by atoms with E-state index in [0.29, 0.717) is 0 Å². The van der Waals surface area contributed by atoms with Crippen molar-refractivity contribution in [3.8, 4) is 0 Å². The molecule has 0 aliphatic heterocycles. The fraction of sp³-hybridized carbons (Fsp3) is 1.00. The van der Waals surface area contributed by atoms with Crippen molar-refractivity contribution in [3.05, 3.63) is 0 Å². The summed E-state index contributed by atoms with van der Waals surface area (Å²) in [6.07, 6.45) is 11.4. The summed E-state index contributed by atoms with van der Waals surface area (Å²) in [6, 6.07) is 0. The van der Waals surface area contributed by atoms with Gasteiger partial charge in [-0.1, -0.05) is 79.1 Å². The lowest BCUT2D eigenvalue weighted by Crippen LogP contribution is -1.95. The molecule has 0 radical (unpaired) electrons. The highest BCUT2D eigenvalue weighted by Crippen LogP contribution is 2.29. The quantitative estimate of drug-likeness (QED) is 0.529. The molecule has 1 aliphatic rings. The van der Waals surface area contributed by atoms with Gasteiger partial charge in [-0.25, -0.2) is 0 Å². The van der Waals surface area contributed by atoms with E-state index >= 15 is 0 Å². The average Bonchev–Trinajstić information content (AvgIpc) is 2.53. The van der Waals surface area contributed by atoms with Gasteiger partial charge in [0.05, 0.1) is 0 Å². The molecule has 0 heteroatoms. The van der Waals surface area contributed by atoms with Gasteiger partial charge in [-0.05, 0) is 11.8 Å². The second-order valence-electron chi connectivity index (χ2n) is 4.95. The minimum Gasteiger partial charge on any atom is -0.0654 e. The number of rotatable bonds is 4. The van der Waals surface area contributed by atoms with Crippen LogP contribution in [0.15, 0.2) is 0 Å². The fourth-order valence-corrected chi connectivity index (χ4v) is 2.01. The first kappa shape index (κ1) is 14.0. The van der Waals surface area contributed by atoms with Crippen molar-refractivity contribution < 1.29 is 0 Å². The highest BCUT2D eigenvalue weighted by molar-refractivity contribution is 4.69. The molecule has 1 rings (SSSR count). The summed E-state index contributed by atoms with van der Waals surface area (Å²) < 4.78 is 0. The summed E-state index contributed by atoms with van der Waals surface area (Å²) in [5, 5.41) is 0. The number of unbranched alkanes of at least 4 members (excludes halogenated alkanes) is 4. The zero-order valence-electron chi connectivity index (χ0n) is 10.8. The Balaban J connectivity index is 0.000000241. The van der Waals surface area contributed by atoms with Crippen molar-refractivity contribution in [3.63, 3.8) is 0 Å². The van der Waals surface area contributed by atoms with E-state index in [2.05, 4.69) is 27.7 Å². The maximum absolute atomic E-state index is 2.36. The Labute approximate surface area is 91.5 Å². The van der Waals surface area contributed by atoms with Crippen LogP contribution in [0.2, 0.25) is 0 Å². The van der Waals surface area contributed by atoms with Crippen LogP contribution in [0.3, 0.4) is 0 Å². The van der Waals surface area contributed by atoms with Crippen LogP contribution in [0, 0.1) is 11.8 Å². The van der Waals surface area contributed by atoms with E-state index in [-0.39, 0.29) is 0 Å². The molecule has 0 amide bonds. The van der Waals surface area contributed by atoms with Crippen LogP contribution >= 0.6 is 0 Å². The van der Waals surface area contributed by atoms with Crippen molar-refractivity contribution in [2.45, 2.75) is 79.1 Å². The van der Waals surface area contributed by atoms with Gasteiger partial charge >= 0.3 is 0 Å². The van der Waals surface area contributed by atoms with Gasteiger partial charge in [0.15, 0.2) is 0 Å². The monoisotopic (exact) mass is 198 g/mol.